The molecule has 3 heterocycles. The fourth-order valence-corrected chi connectivity index (χ4v) is 3.44. The van der Waals surface area contributed by atoms with Gasteiger partial charge in [-0.1, -0.05) is 0 Å². The zero-order valence-corrected chi connectivity index (χ0v) is 16.9. The number of aryl methyl sites for hydroxylation is 2. The van der Waals surface area contributed by atoms with Crippen LogP contribution in [-0.2, 0) is 19.2 Å². The van der Waals surface area contributed by atoms with Crippen molar-refractivity contribution in [1.82, 2.24) is 9.54 Å². The molecule has 1 aromatic heterocycles. The molecule has 1 saturated heterocycles. The Morgan fingerprint density at radius 2 is 1.90 bits per heavy atom. The van der Waals surface area contributed by atoms with Crippen LogP contribution >= 0.6 is 0 Å². The summed E-state index contributed by atoms with van der Waals surface area (Å²) in [6.07, 6.45) is 7.21. The minimum Gasteiger partial charge on any atom is -0.330 e. The first kappa shape index (κ1) is 21.7. The molecule has 0 radical (unpaired) electrons. The number of halogens is 2. The van der Waals surface area contributed by atoms with Crippen molar-refractivity contribution in [2.45, 2.75) is 52.4 Å². The lowest BCUT2D eigenvalue weighted by atomic mass is 10.1. The third kappa shape index (κ3) is 4.92. The fourth-order valence-electron chi connectivity index (χ4n) is 3.44. The van der Waals surface area contributed by atoms with E-state index in [2.05, 4.69) is 4.99 Å². The van der Waals surface area contributed by atoms with Gasteiger partial charge < -0.3 is 9.32 Å². The molecule has 0 N–H and O–H groups in total. The Morgan fingerprint density at radius 1 is 1.20 bits per heavy atom. The number of amides is 2. The Morgan fingerprint density at radius 3 is 2.57 bits per heavy atom. The van der Waals surface area contributed by atoms with Crippen LogP contribution in [-0.4, -0.2) is 40.4 Å². The molecule has 0 atom stereocenters. The van der Waals surface area contributed by atoms with E-state index in [4.69, 9.17) is 4.84 Å². The van der Waals surface area contributed by atoms with E-state index in [0.29, 0.717) is 41.4 Å². The summed E-state index contributed by atoms with van der Waals surface area (Å²) in [4.78, 5) is 43.9. The molecule has 0 bridgehead atoms. The van der Waals surface area contributed by atoms with Crippen LogP contribution in [0.25, 0.3) is 6.08 Å². The van der Waals surface area contributed by atoms with Gasteiger partial charge in [0.1, 0.15) is 0 Å². The lowest BCUT2D eigenvalue weighted by molar-refractivity contribution is -0.197. The summed E-state index contributed by atoms with van der Waals surface area (Å²) in [5, 5.41) is 0.544. The van der Waals surface area contributed by atoms with Crippen LogP contribution in [0.3, 0.4) is 0 Å². The van der Waals surface area contributed by atoms with Gasteiger partial charge in [-0.25, -0.2) is 4.79 Å². The van der Waals surface area contributed by atoms with Gasteiger partial charge in [0.25, 0.3) is 11.8 Å². The normalized spacial score (nSPS) is 17.3. The van der Waals surface area contributed by atoms with E-state index in [0.717, 1.165) is 15.8 Å². The predicted octanol–water partition coefficient (Wildman–Crippen LogP) is 3.40. The quantitative estimate of drug-likeness (QED) is 0.369. The molecule has 0 spiro atoms. The maximum atomic E-state index is 13.3. The SMILES string of the molecule is Cc1cc(C)n(B(F)F)c1C=C1C=CC(CCCCC(=O)ON2C(=O)CCC2=O)=N1. The second-order valence-corrected chi connectivity index (χ2v) is 7.26. The molecule has 158 valence electrons. The molecule has 0 aromatic carbocycles. The largest absolute Gasteiger partial charge is 0.677 e. The summed E-state index contributed by atoms with van der Waals surface area (Å²) < 4.78 is 27.6. The van der Waals surface area contributed by atoms with Crippen LogP contribution in [0.15, 0.2) is 28.9 Å². The first-order valence-corrected chi connectivity index (χ1v) is 9.76. The molecule has 1 aromatic rings. The van der Waals surface area contributed by atoms with E-state index in [-0.39, 0.29) is 19.3 Å². The number of rotatable bonds is 8. The van der Waals surface area contributed by atoms with E-state index in [9.17, 15) is 23.0 Å². The lowest BCUT2D eigenvalue weighted by Crippen LogP contribution is -2.31. The number of aromatic nitrogens is 1. The minimum absolute atomic E-state index is 0.0647. The van der Waals surface area contributed by atoms with Crippen molar-refractivity contribution in [3.05, 3.63) is 40.9 Å². The molecular weight excluding hydrogens is 395 g/mol. The van der Waals surface area contributed by atoms with Crippen molar-refractivity contribution in [2.24, 2.45) is 4.99 Å². The predicted molar refractivity (Wildman–Crippen MR) is 107 cm³/mol. The van der Waals surface area contributed by atoms with Crippen molar-refractivity contribution in [1.29, 1.82) is 0 Å². The Hall–Kier alpha value is -3.04. The van der Waals surface area contributed by atoms with Gasteiger partial charge in [0, 0.05) is 36.4 Å². The summed E-state index contributed by atoms with van der Waals surface area (Å²) in [5.74, 6) is -1.62. The van der Waals surface area contributed by atoms with Crippen molar-refractivity contribution < 1.29 is 27.9 Å². The lowest BCUT2D eigenvalue weighted by Gasteiger charge is -2.12. The van der Waals surface area contributed by atoms with E-state index >= 15 is 0 Å². The van der Waals surface area contributed by atoms with Gasteiger partial charge in [0.05, 0.1) is 5.70 Å². The molecule has 2 amide bonds. The number of hydroxylamine groups is 2. The van der Waals surface area contributed by atoms with Gasteiger partial charge in [0.15, 0.2) is 0 Å². The molecule has 3 rings (SSSR count). The highest BCUT2D eigenvalue weighted by atomic mass is 19.2. The highest BCUT2D eigenvalue weighted by Gasteiger charge is 2.32. The highest BCUT2D eigenvalue weighted by Crippen LogP contribution is 2.23. The van der Waals surface area contributed by atoms with Crippen LogP contribution in [0.1, 0.15) is 55.5 Å². The van der Waals surface area contributed by atoms with Crippen LogP contribution in [0.5, 0.6) is 0 Å². The van der Waals surface area contributed by atoms with Crippen molar-refractivity contribution in [3.63, 3.8) is 0 Å². The smallest absolute Gasteiger partial charge is 0.330 e. The van der Waals surface area contributed by atoms with Gasteiger partial charge in [-0.2, -0.15) is 0 Å². The number of imide groups is 1. The Labute approximate surface area is 173 Å². The number of aliphatic imine (C=N–C) groups is 1. The summed E-state index contributed by atoms with van der Waals surface area (Å²) in [5.41, 5.74) is 3.07. The number of hydrogen-bond donors (Lipinski definition) is 0. The molecule has 10 heteroatoms. The molecule has 2 aliphatic heterocycles. The molecule has 30 heavy (non-hydrogen) atoms. The van der Waals surface area contributed by atoms with Gasteiger partial charge in [0.2, 0.25) is 0 Å². The number of allylic oxidation sites excluding steroid dienone is 2. The zero-order valence-electron chi connectivity index (χ0n) is 16.9. The molecule has 1 fully saturated rings. The van der Waals surface area contributed by atoms with Crippen molar-refractivity contribution in [2.75, 3.05) is 0 Å². The number of carbonyl (C=O) groups excluding carboxylic acids is 3. The zero-order chi connectivity index (χ0) is 21.8. The highest BCUT2D eigenvalue weighted by molar-refractivity contribution is 6.41. The Bertz CT molecular complexity index is 949. The van der Waals surface area contributed by atoms with Gasteiger partial charge in [-0.3, -0.25) is 23.2 Å². The number of unbranched alkanes of at least 4 members (excludes halogenated alkanes) is 1. The first-order valence-electron chi connectivity index (χ1n) is 9.76. The molecule has 0 unspecified atom stereocenters. The molecule has 0 saturated carbocycles. The molecule has 7 nitrogen and oxygen atoms in total. The van der Waals surface area contributed by atoms with Crippen LogP contribution < -0.4 is 0 Å². The Balaban J connectivity index is 1.49. The second kappa shape index (κ2) is 9.19. The number of nitrogens with zero attached hydrogens (tertiary/aromatic N) is 3. The molecule has 0 aliphatic carbocycles. The van der Waals surface area contributed by atoms with E-state index in [1.165, 1.54) is 0 Å². The standard InChI is InChI=1S/C20H22BF2N3O4/c1-13-11-14(2)25(21(22)23)17(13)12-16-8-7-15(24-16)5-3-4-6-20(29)30-26-18(27)9-10-19(26)28/h7-8,11-12H,3-6,9-10H2,1-2H3. The number of carbonyl (C=O) groups is 3. The molecular formula is C20H22BF2N3O4. The molecule has 2 aliphatic rings. The van der Waals surface area contributed by atoms with Crippen molar-refractivity contribution >= 4 is 37.0 Å². The van der Waals surface area contributed by atoms with Crippen LogP contribution in [0.2, 0.25) is 0 Å². The third-order valence-electron chi connectivity index (χ3n) is 4.93. The van der Waals surface area contributed by atoms with Gasteiger partial charge >= 0.3 is 13.4 Å². The average molecular weight is 417 g/mol. The van der Waals surface area contributed by atoms with Gasteiger partial charge in [-0.05, 0) is 63.0 Å². The summed E-state index contributed by atoms with van der Waals surface area (Å²) >= 11 is 0. The summed E-state index contributed by atoms with van der Waals surface area (Å²) in [7, 11) is -2.62. The monoisotopic (exact) mass is 417 g/mol. The van der Waals surface area contributed by atoms with Crippen molar-refractivity contribution in [3.8, 4) is 0 Å². The van der Waals surface area contributed by atoms with E-state index < -0.39 is 25.2 Å². The fraction of sp³-hybridized carbons (Fsp3) is 0.400. The maximum Gasteiger partial charge on any atom is 0.677 e. The third-order valence-corrected chi connectivity index (χ3v) is 4.93. The van der Waals surface area contributed by atoms with Gasteiger partial charge in [-0.15, -0.1) is 5.06 Å². The van der Waals surface area contributed by atoms with Crippen LogP contribution in [0.4, 0.5) is 8.63 Å². The topological polar surface area (TPSA) is 81.0 Å². The Kier molecular flexibility index (Phi) is 6.64. The van der Waals surface area contributed by atoms with E-state index in [1.54, 1.807) is 32.1 Å². The number of hydrogen-bond acceptors (Lipinski definition) is 5. The summed E-state index contributed by atoms with van der Waals surface area (Å²) in [6.45, 7) is 3.42. The summed E-state index contributed by atoms with van der Waals surface area (Å²) in [6, 6.07) is 1.71. The average Bonchev–Trinajstić information content (AvgIpc) is 3.33. The van der Waals surface area contributed by atoms with E-state index in [1.807, 2.05) is 6.08 Å². The minimum atomic E-state index is -2.62. The second-order valence-electron chi connectivity index (χ2n) is 7.26. The van der Waals surface area contributed by atoms with Crippen LogP contribution in [0, 0.1) is 13.8 Å². The maximum absolute atomic E-state index is 13.3. The first-order chi connectivity index (χ1) is 14.3.